The molecule has 1 aliphatic heterocycles. The molecular formula is C15H20N6O2S. The van der Waals surface area contributed by atoms with Crippen molar-refractivity contribution in [1.29, 1.82) is 0 Å². The Morgan fingerprint density at radius 2 is 2.12 bits per heavy atom. The van der Waals surface area contributed by atoms with Crippen LogP contribution < -0.4 is 4.90 Å². The van der Waals surface area contributed by atoms with Crippen molar-refractivity contribution in [3.05, 3.63) is 18.1 Å². The van der Waals surface area contributed by atoms with Crippen LogP contribution in [0.15, 0.2) is 17.6 Å². The lowest BCUT2D eigenvalue weighted by molar-refractivity contribution is -0.139. The van der Waals surface area contributed by atoms with E-state index in [1.807, 2.05) is 13.0 Å². The van der Waals surface area contributed by atoms with Gasteiger partial charge in [-0.15, -0.1) is 5.10 Å². The fourth-order valence-electron chi connectivity index (χ4n) is 2.48. The highest BCUT2D eigenvalue weighted by Gasteiger charge is 2.16. The number of esters is 1. The van der Waals surface area contributed by atoms with Crippen molar-refractivity contribution in [2.75, 3.05) is 30.3 Å². The molecule has 0 radical (unpaired) electrons. The fourth-order valence-corrected chi connectivity index (χ4v) is 3.08. The molecule has 0 spiro atoms. The Labute approximate surface area is 144 Å². The van der Waals surface area contributed by atoms with Gasteiger partial charge in [-0.05, 0) is 26.7 Å². The van der Waals surface area contributed by atoms with E-state index in [0.717, 1.165) is 24.6 Å². The van der Waals surface area contributed by atoms with Gasteiger partial charge in [-0.2, -0.15) is 9.67 Å². The van der Waals surface area contributed by atoms with E-state index in [9.17, 15) is 4.79 Å². The number of rotatable bonds is 6. The summed E-state index contributed by atoms with van der Waals surface area (Å²) in [6.45, 7) is 6.14. The van der Waals surface area contributed by atoms with E-state index in [4.69, 9.17) is 4.74 Å². The second-order valence-electron chi connectivity index (χ2n) is 5.43. The topological polar surface area (TPSA) is 86.0 Å². The number of carbonyl (C=O) groups excluding carboxylic acids is 1. The first-order valence-electron chi connectivity index (χ1n) is 7.97. The molecule has 0 N–H and O–H groups in total. The number of hydrogen-bond acceptors (Lipinski definition) is 8. The van der Waals surface area contributed by atoms with Crippen LogP contribution in [0.25, 0.3) is 5.95 Å². The zero-order chi connectivity index (χ0) is 16.9. The van der Waals surface area contributed by atoms with Crippen molar-refractivity contribution in [3.63, 3.8) is 0 Å². The van der Waals surface area contributed by atoms with Crippen LogP contribution >= 0.6 is 11.8 Å². The van der Waals surface area contributed by atoms with E-state index >= 15 is 0 Å². The number of anilines is 1. The normalized spacial score (nSPS) is 14.2. The summed E-state index contributed by atoms with van der Waals surface area (Å²) in [5.74, 6) is 1.33. The highest BCUT2D eigenvalue weighted by molar-refractivity contribution is 7.99. The molecule has 8 nitrogen and oxygen atoms in total. The minimum atomic E-state index is -0.276. The molecule has 0 bridgehead atoms. The van der Waals surface area contributed by atoms with Gasteiger partial charge in [0.05, 0.1) is 12.4 Å². The Morgan fingerprint density at radius 1 is 1.33 bits per heavy atom. The summed E-state index contributed by atoms with van der Waals surface area (Å²) in [7, 11) is 0. The third-order valence-corrected chi connectivity index (χ3v) is 4.38. The van der Waals surface area contributed by atoms with Crippen LogP contribution in [0.1, 0.15) is 25.5 Å². The number of aromatic nitrogens is 5. The zero-order valence-electron chi connectivity index (χ0n) is 13.8. The van der Waals surface area contributed by atoms with Crippen molar-refractivity contribution in [3.8, 4) is 5.95 Å². The lowest BCUT2D eigenvalue weighted by Gasteiger charge is -2.17. The maximum atomic E-state index is 11.4. The third-order valence-electron chi connectivity index (χ3n) is 3.56. The molecule has 0 saturated carbocycles. The van der Waals surface area contributed by atoms with Gasteiger partial charge < -0.3 is 9.64 Å². The Balaban J connectivity index is 1.73. The van der Waals surface area contributed by atoms with Gasteiger partial charge in [0.2, 0.25) is 5.16 Å². The minimum Gasteiger partial charge on any atom is -0.465 e. The van der Waals surface area contributed by atoms with E-state index in [-0.39, 0.29) is 11.7 Å². The molecule has 24 heavy (non-hydrogen) atoms. The van der Waals surface area contributed by atoms with E-state index in [1.54, 1.807) is 17.9 Å². The molecule has 0 atom stereocenters. The van der Waals surface area contributed by atoms with Crippen LogP contribution in [0.4, 0.5) is 5.82 Å². The molecule has 2 aromatic heterocycles. The average molecular weight is 348 g/mol. The number of carbonyl (C=O) groups is 1. The predicted octanol–water partition coefficient (Wildman–Crippen LogP) is 1.62. The largest absolute Gasteiger partial charge is 0.465 e. The standard InChI is InChI=1S/C15H20N6O2S/c1-3-23-13(22)9-24-15-16-10-21(19-15)14-17-11(2)8-12(18-14)20-6-4-5-7-20/h8,10H,3-7,9H2,1-2H3. The van der Waals surface area contributed by atoms with Crippen LogP contribution in [0, 0.1) is 6.92 Å². The van der Waals surface area contributed by atoms with Crippen LogP contribution in [-0.2, 0) is 9.53 Å². The molecule has 0 unspecified atom stereocenters. The van der Waals surface area contributed by atoms with Crippen LogP contribution in [0.5, 0.6) is 0 Å². The summed E-state index contributed by atoms with van der Waals surface area (Å²) in [6.07, 6.45) is 3.95. The summed E-state index contributed by atoms with van der Waals surface area (Å²) in [4.78, 5) is 26.9. The Hall–Kier alpha value is -2.16. The molecule has 0 aromatic carbocycles. The van der Waals surface area contributed by atoms with Crippen LogP contribution in [0.2, 0.25) is 0 Å². The second-order valence-corrected chi connectivity index (χ2v) is 6.37. The van der Waals surface area contributed by atoms with Gasteiger partial charge in [0.1, 0.15) is 12.1 Å². The van der Waals surface area contributed by atoms with E-state index in [1.165, 1.54) is 24.6 Å². The van der Waals surface area contributed by atoms with Crippen molar-refractivity contribution >= 4 is 23.5 Å². The number of hydrogen-bond donors (Lipinski definition) is 0. The number of ether oxygens (including phenoxy) is 1. The zero-order valence-corrected chi connectivity index (χ0v) is 14.6. The monoisotopic (exact) mass is 348 g/mol. The summed E-state index contributed by atoms with van der Waals surface area (Å²) in [5.41, 5.74) is 0.887. The lowest BCUT2D eigenvalue weighted by atomic mass is 10.4. The molecule has 3 heterocycles. The molecule has 2 aromatic rings. The van der Waals surface area contributed by atoms with Gasteiger partial charge in [-0.3, -0.25) is 4.79 Å². The van der Waals surface area contributed by atoms with Crippen molar-refractivity contribution < 1.29 is 9.53 Å². The second kappa shape index (κ2) is 7.61. The molecule has 0 aliphatic carbocycles. The van der Waals surface area contributed by atoms with Gasteiger partial charge in [-0.25, -0.2) is 9.97 Å². The Kier molecular flexibility index (Phi) is 5.29. The summed E-state index contributed by atoms with van der Waals surface area (Å²) in [6, 6.07) is 1.99. The quantitative estimate of drug-likeness (QED) is 0.575. The fraction of sp³-hybridized carbons (Fsp3) is 0.533. The van der Waals surface area contributed by atoms with Gasteiger partial charge in [0.15, 0.2) is 0 Å². The van der Waals surface area contributed by atoms with Crippen molar-refractivity contribution in [2.24, 2.45) is 0 Å². The van der Waals surface area contributed by atoms with Gasteiger partial charge in [-0.1, -0.05) is 11.8 Å². The summed E-state index contributed by atoms with van der Waals surface area (Å²) < 4.78 is 6.43. The smallest absolute Gasteiger partial charge is 0.316 e. The first-order valence-corrected chi connectivity index (χ1v) is 8.95. The molecular weight excluding hydrogens is 328 g/mol. The van der Waals surface area contributed by atoms with Crippen LogP contribution in [0.3, 0.4) is 0 Å². The SMILES string of the molecule is CCOC(=O)CSc1ncn(-c2nc(C)cc(N3CCCC3)n2)n1. The van der Waals surface area contributed by atoms with E-state index in [0.29, 0.717) is 17.7 Å². The maximum Gasteiger partial charge on any atom is 0.316 e. The lowest BCUT2D eigenvalue weighted by Crippen LogP contribution is -2.20. The first kappa shape index (κ1) is 16.7. The van der Waals surface area contributed by atoms with Gasteiger partial charge >= 0.3 is 5.97 Å². The maximum absolute atomic E-state index is 11.4. The molecule has 0 amide bonds. The first-order chi connectivity index (χ1) is 11.7. The van der Waals surface area contributed by atoms with Gasteiger partial charge in [0.25, 0.3) is 5.95 Å². The Bertz CT molecular complexity index is 714. The Morgan fingerprint density at radius 3 is 2.88 bits per heavy atom. The molecule has 9 heteroatoms. The highest BCUT2D eigenvalue weighted by Crippen LogP contribution is 2.20. The predicted molar refractivity (Wildman–Crippen MR) is 90.5 cm³/mol. The number of thioether (sulfide) groups is 1. The molecule has 1 fully saturated rings. The minimum absolute atomic E-state index is 0.186. The number of nitrogens with zero attached hydrogens (tertiary/aromatic N) is 6. The van der Waals surface area contributed by atoms with Crippen molar-refractivity contribution in [2.45, 2.75) is 31.8 Å². The third kappa shape index (κ3) is 4.02. The number of aryl methyl sites for hydroxylation is 1. The molecule has 1 saturated heterocycles. The highest BCUT2D eigenvalue weighted by atomic mass is 32.2. The van der Waals surface area contributed by atoms with Crippen molar-refractivity contribution in [1.82, 2.24) is 24.7 Å². The average Bonchev–Trinajstić information content (AvgIpc) is 3.24. The van der Waals surface area contributed by atoms with E-state index in [2.05, 4.69) is 25.0 Å². The summed E-state index contributed by atoms with van der Waals surface area (Å²) >= 11 is 1.23. The molecule has 3 rings (SSSR count). The summed E-state index contributed by atoms with van der Waals surface area (Å²) in [5, 5.41) is 4.83. The van der Waals surface area contributed by atoms with Crippen LogP contribution in [-0.4, -0.2) is 56.2 Å². The van der Waals surface area contributed by atoms with E-state index < -0.39 is 0 Å². The molecule has 128 valence electrons. The molecule has 1 aliphatic rings. The van der Waals surface area contributed by atoms with Gasteiger partial charge in [0, 0.05) is 24.8 Å².